The van der Waals surface area contributed by atoms with E-state index in [9.17, 15) is 4.79 Å². The van der Waals surface area contributed by atoms with Crippen LogP contribution in [0.25, 0.3) is 0 Å². The summed E-state index contributed by atoms with van der Waals surface area (Å²) in [6.07, 6.45) is 0. The van der Waals surface area contributed by atoms with Crippen LogP contribution in [0.4, 0.5) is 0 Å². The van der Waals surface area contributed by atoms with E-state index in [2.05, 4.69) is 4.90 Å². The van der Waals surface area contributed by atoms with Gasteiger partial charge < -0.3 is 5.11 Å². The Balaban J connectivity index is 1.80. The van der Waals surface area contributed by atoms with Crippen LogP contribution < -0.4 is 0 Å². The Bertz CT molecular complexity index is 304. The van der Waals surface area contributed by atoms with Gasteiger partial charge in [-0.1, -0.05) is 6.07 Å². The highest BCUT2D eigenvalue weighted by Crippen LogP contribution is 2.16. The zero-order valence-electron chi connectivity index (χ0n) is 7.85. The van der Waals surface area contributed by atoms with Gasteiger partial charge in [0.25, 0.3) is 0 Å². The molecular formula is C10H13NO2S. The maximum absolute atomic E-state index is 11.6. The summed E-state index contributed by atoms with van der Waals surface area (Å²) in [4.78, 5) is 14.5. The van der Waals surface area contributed by atoms with E-state index in [4.69, 9.17) is 5.11 Å². The molecule has 1 aromatic rings. The van der Waals surface area contributed by atoms with E-state index in [0.29, 0.717) is 12.5 Å². The van der Waals surface area contributed by atoms with Gasteiger partial charge in [-0.15, -0.1) is 11.3 Å². The van der Waals surface area contributed by atoms with Crippen LogP contribution in [-0.4, -0.2) is 42.0 Å². The van der Waals surface area contributed by atoms with Crippen LogP contribution in [0.5, 0.6) is 0 Å². The van der Waals surface area contributed by atoms with Crippen LogP contribution in [0.3, 0.4) is 0 Å². The molecule has 14 heavy (non-hydrogen) atoms. The Kier molecular flexibility index (Phi) is 2.96. The second-order valence-corrected chi connectivity index (χ2v) is 4.59. The van der Waals surface area contributed by atoms with Gasteiger partial charge in [0.15, 0.2) is 5.78 Å². The van der Waals surface area contributed by atoms with Gasteiger partial charge in [-0.25, -0.2) is 0 Å². The van der Waals surface area contributed by atoms with Crippen LogP contribution in [0.2, 0.25) is 0 Å². The molecule has 1 aromatic heterocycles. The topological polar surface area (TPSA) is 40.5 Å². The van der Waals surface area contributed by atoms with Gasteiger partial charge in [-0.3, -0.25) is 9.69 Å². The van der Waals surface area contributed by atoms with Crippen LogP contribution in [0.15, 0.2) is 17.5 Å². The number of rotatable bonds is 4. The summed E-state index contributed by atoms with van der Waals surface area (Å²) in [5.74, 6) is 0.572. The molecule has 0 aliphatic carbocycles. The molecular weight excluding hydrogens is 198 g/mol. The SMILES string of the molecule is O=C(CN1CC(CO)C1)c1cccs1. The van der Waals surface area contributed by atoms with Crippen molar-refractivity contribution in [2.75, 3.05) is 26.2 Å². The molecule has 1 aliphatic heterocycles. The molecule has 1 saturated heterocycles. The molecule has 2 rings (SSSR count). The first kappa shape index (κ1) is 9.83. The summed E-state index contributed by atoms with van der Waals surface area (Å²) in [5, 5.41) is 10.7. The predicted molar refractivity (Wildman–Crippen MR) is 55.7 cm³/mol. The average molecular weight is 211 g/mol. The van der Waals surface area contributed by atoms with Gasteiger partial charge in [0, 0.05) is 25.6 Å². The number of thiophene rings is 1. The Hall–Kier alpha value is -0.710. The third-order valence-electron chi connectivity index (χ3n) is 2.45. The molecule has 1 N–H and O–H groups in total. The van der Waals surface area contributed by atoms with E-state index in [1.807, 2.05) is 17.5 Å². The highest BCUT2D eigenvalue weighted by Gasteiger charge is 2.27. The highest BCUT2D eigenvalue weighted by atomic mass is 32.1. The molecule has 4 heteroatoms. The summed E-state index contributed by atoms with van der Waals surface area (Å²) in [5.41, 5.74) is 0. The monoisotopic (exact) mass is 211 g/mol. The number of hydrogen-bond donors (Lipinski definition) is 1. The fraction of sp³-hybridized carbons (Fsp3) is 0.500. The summed E-state index contributed by atoms with van der Waals surface area (Å²) in [7, 11) is 0. The van der Waals surface area contributed by atoms with E-state index in [1.165, 1.54) is 11.3 Å². The fourth-order valence-electron chi connectivity index (χ4n) is 1.64. The number of Topliss-reactive ketones (excluding diaryl/α,β-unsaturated/α-hetero) is 1. The first-order chi connectivity index (χ1) is 6.79. The molecule has 0 aromatic carbocycles. The lowest BCUT2D eigenvalue weighted by atomic mass is 10.0. The number of ketones is 1. The van der Waals surface area contributed by atoms with Crippen molar-refractivity contribution in [1.29, 1.82) is 0 Å². The predicted octanol–water partition coefficient (Wildman–Crippen LogP) is 0.855. The molecule has 0 amide bonds. The van der Waals surface area contributed by atoms with Crippen molar-refractivity contribution in [1.82, 2.24) is 4.90 Å². The second kappa shape index (κ2) is 4.21. The molecule has 3 nitrogen and oxygen atoms in total. The summed E-state index contributed by atoms with van der Waals surface area (Å²) in [6, 6.07) is 3.75. The molecule has 76 valence electrons. The minimum atomic E-state index is 0.191. The highest BCUT2D eigenvalue weighted by molar-refractivity contribution is 7.12. The van der Waals surface area contributed by atoms with Crippen molar-refractivity contribution in [2.24, 2.45) is 5.92 Å². The smallest absolute Gasteiger partial charge is 0.186 e. The third-order valence-corrected chi connectivity index (χ3v) is 3.37. The van der Waals surface area contributed by atoms with Gasteiger partial charge in [0.1, 0.15) is 0 Å². The molecule has 0 saturated carbocycles. The zero-order chi connectivity index (χ0) is 9.97. The van der Waals surface area contributed by atoms with Crippen LogP contribution >= 0.6 is 11.3 Å². The lowest BCUT2D eigenvalue weighted by Crippen LogP contribution is -2.50. The summed E-state index contributed by atoms with van der Waals surface area (Å²) < 4.78 is 0. The summed E-state index contributed by atoms with van der Waals surface area (Å²) >= 11 is 1.49. The maximum atomic E-state index is 11.6. The van der Waals surface area contributed by atoms with Crippen LogP contribution in [-0.2, 0) is 0 Å². The standard InChI is InChI=1S/C10H13NO2S/c12-7-8-4-11(5-8)6-9(13)10-2-1-3-14-10/h1-3,8,12H,4-7H2. The number of likely N-dealkylation sites (tertiary alicyclic amines) is 1. The minimum absolute atomic E-state index is 0.191. The van der Waals surface area contributed by atoms with Crippen molar-refractivity contribution in [2.45, 2.75) is 0 Å². The van der Waals surface area contributed by atoms with Gasteiger partial charge in [0.05, 0.1) is 11.4 Å². The second-order valence-electron chi connectivity index (χ2n) is 3.64. The summed E-state index contributed by atoms with van der Waals surface area (Å²) in [6.45, 7) is 2.45. The normalized spacial score (nSPS) is 18.1. The molecule has 0 radical (unpaired) electrons. The molecule has 1 fully saturated rings. The van der Waals surface area contributed by atoms with Crippen LogP contribution in [0, 0.1) is 5.92 Å². The quantitative estimate of drug-likeness (QED) is 0.751. The number of aliphatic hydroxyl groups is 1. The van der Waals surface area contributed by atoms with Gasteiger partial charge in [0.2, 0.25) is 0 Å². The fourth-order valence-corrected chi connectivity index (χ4v) is 2.30. The van der Waals surface area contributed by atoms with Crippen molar-refractivity contribution in [3.8, 4) is 0 Å². The molecule has 0 unspecified atom stereocenters. The van der Waals surface area contributed by atoms with E-state index in [-0.39, 0.29) is 12.4 Å². The molecule has 1 aliphatic rings. The first-order valence-electron chi connectivity index (χ1n) is 4.69. The van der Waals surface area contributed by atoms with Gasteiger partial charge in [-0.05, 0) is 11.4 Å². The van der Waals surface area contributed by atoms with Crippen molar-refractivity contribution < 1.29 is 9.90 Å². The Morgan fingerprint density at radius 3 is 3.00 bits per heavy atom. The first-order valence-corrected chi connectivity index (χ1v) is 5.57. The molecule has 0 spiro atoms. The van der Waals surface area contributed by atoms with E-state index in [0.717, 1.165) is 18.0 Å². The largest absolute Gasteiger partial charge is 0.396 e. The maximum Gasteiger partial charge on any atom is 0.186 e. The molecule has 0 bridgehead atoms. The zero-order valence-corrected chi connectivity index (χ0v) is 8.67. The number of aliphatic hydroxyl groups excluding tert-OH is 1. The number of carbonyl (C=O) groups is 1. The Morgan fingerprint density at radius 2 is 2.43 bits per heavy atom. The number of hydrogen-bond acceptors (Lipinski definition) is 4. The minimum Gasteiger partial charge on any atom is -0.396 e. The third kappa shape index (κ3) is 2.03. The molecule has 2 heterocycles. The van der Waals surface area contributed by atoms with Crippen molar-refractivity contribution in [3.05, 3.63) is 22.4 Å². The molecule has 0 atom stereocenters. The van der Waals surface area contributed by atoms with Gasteiger partial charge in [-0.2, -0.15) is 0 Å². The van der Waals surface area contributed by atoms with Crippen molar-refractivity contribution >= 4 is 17.1 Å². The Labute approximate surface area is 87.0 Å². The Morgan fingerprint density at radius 1 is 1.64 bits per heavy atom. The average Bonchev–Trinajstić information content (AvgIpc) is 2.62. The lowest BCUT2D eigenvalue weighted by Gasteiger charge is -2.37. The number of nitrogens with zero attached hydrogens (tertiary/aromatic N) is 1. The van der Waals surface area contributed by atoms with E-state index < -0.39 is 0 Å². The van der Waals surface area contributed by atoms with E-state index >= 15 is 0 Å². The lowest BCUT2D eigenvalue weighted by molar-refractivity contribution is 0.0492. The van der Waals surface area contributed by atoms with Crippen LogP contribution in [0.1, 0.15) is 9.67 Å². The number of carbonyl (C=O) groups excluding carboxylic acids is 1. The van der Waals surface area contributed by atoms with Gasteiger partial charge >= 0.3 is 0 Å². The van der Waals surface area contributed by atoms with Crippen molar-refractivity contribution in [3.63, 3.8) is 0 Å². The van der Waals surface area contributed by atoms with E-state index in [1.54, 1.807) is 0 Å².